The van der Waals surface area contributed by atoms with Crippen molar-refractivity contribution in [3.05, 3.63) is 23.8 Å². The second-order valence-electron chi connectivity index (χ2n) is 10.7. The van der Waals surface area contributed by atoms with E-state index >= 15 is 0 Å². The highest BCUT2D eigenvalue weighted by Gasteiger charge is 2.36. The average Bonchev–Trinajstić information content (AvgIpc) is 2.97. The summed E-state index contributed by atoms with van der Waals surface area (Å²) < 4.78 is 33.3. The number of amides is 1. The van der Waals surface area contributed by atoms with Gasteiger partial charge in [-0.15, -0.1) is 0 Å². The summed E-state index contributed by atoms with van der Waals surface area (Å²) in [7, 11) is 4.68. The zero-order valence-electron chi connectivity index (χ0n) is 22.0. The van der Waals surface area contributed by atoms with E-state index in [0.717, 1.165) is 0 Å². The smallest absolute Gasteiger partial charge is 0.410 e. The van der Waals surface area contributed by atoms with Crippen LogP contribution in [0.2, 0.25) is 0 Å². The molecule has 0 saturated carbocycles. The number of aliphatic hydroxyl groups is 1. The van der Waals surface area contributed by atoms with Crippen molar-refractivity contribution in [3.63, 3.8) is 0 Å². The van der Waals surface area contributed by atoms with Crippen LogP contribution < -0.4 is 5.46 Å². The molecule has 0 aliphatic rings. The van der Waals surface area contributed by atoms with Crippen LogP contribution in [-0.2, 0) is 20.7 Å². The Morgan fingerprint density at radius 1 is 1.24 bits per heavy atom. The van der Waals surface area contributed by atoms with Crippen LogP contribution in [0.3, 0.4) is 0 Å². The lowest BCUT2D eigenvalue weighted by atomic mass is 9.82. The zero-order chi connectivity index (χ0) is 26.1. The molecule has 0 saturated heterocycles. The van der Waals surface area contributed by atoms with Gasteiger partial charge in [-0.05, 0) is 66.9 Å². The van der Waals surface area contributed by atoms with Crippen LogP contribution >= 0.6 is 0 Å². The number of likely N-dealkylation sites (N-methyl/N-ethyl adjacent to an activating group) is 1. The summed E-state index contributed by atoms with van der Waals surface area (Å²) in [5.74, 6) is 0.222. The third-order valence-electron chi connectivity index (χ3n) is 5.88. The number of rotatable bonds is 9. The molecule has 189 valence electrons. The van der Waals surface area contributed by atoms with Crippen LogP contribution in [0, 0.1) is 12.7 Å². The van der Waals surface area contributed by atoms with Gasteiger partial charge in [0.15, 0.2) is 0 Å². The Labute approximate surface area is 202 Å². The van der Waals surface area contributed by atoms with Gasteiger partial charge in [0.1, 0.15) is 17.2 Å². The number of fused-ring (bicyclic) bond motifs is 1. The first-order chi connectivity index (χ1) is 15.4. The monoisotopic (exact) mass is 478 g/mol. The molecule has 0 aliphatic heterocycles. The van der Waals surface area contributed by atoms with Gasteiger partial charge in [-0.25, -0.2) is 14.2 Å². The molecule has 1 atom stereocenters. The summed E-state index contributed by atoms with van der Waals surface area (Å²) in [6.45, 7) is 14.7. The van der Waals surface area contributed by atoms with Crippen LogP contribution in [0.4, 0.5) is 9.18 Å². The number of hydrogen-bond donors (Lipinski definition) is 1. The number of ether oxygens (including phenoxy) is 2. The summed E-state index contributed by atoms with van der Waals surface area (Å²) in [6.07, 6.45) is -0.819. The quantitative estimate of drug-likeness (QED) is 0.558. The van der Waals surface area contributed by atoms with E-state index in [9.17, 15) is 14.3 Å². The van der Waals surface area contributed by atoms with Crippen molar-refractivity contribution in [2.24, 2.45) is 0 Å². The summed E-state index contributed by atoms with van der Waals surface area (Å²) >= 11 is 0. The number of halogens is 1. The van der Waals surface area contributed by atoms with Crippen molar-refractivity contribution in [2.45, 2.75) is 84.8 Å². The van der Waals surface area contributed by atoms with Crippen LogP contribution in [0.1, 0.15) is 54.3 Å². The van der Waals surface area contributed by atoms with E-state index in [1.807, 2.05) is 32.3 Å². The number of methoxy groups -OCH3 is 1. The van der Waals surface area contributed by atoms with Gasteiger partial charge in [0, 0.05) is 20.2 Å². The summed E-state index contributed by atoms with van der Waals surface area (Å²) in [5, 5.41) is 10.4. The Morgan fingerprint density at radius 2 is 1.85 bits per heavy atom. The Bertz CT molecular complexity index is 1010. The first-order valence-corrected chi connectivity index (χ1v) is 11.3. The topological polar surface area (TPSA) is 86.0 Å². The van der Waals surface area contributed by atoms with Gasteiger partial charge in [-0.1, -0.05) is 0 Å². The van der Waals surface area contributed by atoms with E-state index in [2.05, 4.69) is 4.98 Å². The van der Waals surface area contributed by atoms with E-state index in [4.69, 9.17) is 14.1 Å². The van der Waals surface area contributed by atoms with Crippen molar-refractivity contribution in [2.75, 3.05) is 20.7 Å². The third kappa shape index (κ3) is 6.93. The maximum absolute atomic E-state index is 14.4. The number of hydrogen-bond acceptors (Lipinski definition) is 6. The molecule has 2 aromatic rings. The van der Waals surface area contributed by atoms with Crippen molar-refractivity contribution >= 4 is 30.1 Å². The van der Waals surface area contributed by atoms with E-state index in [-0.39, 0.29) is 12.6 Å². The van der Waals surface area contributed by atoms with E-state index in [0.29, 0.717) is 28.9 Å². The molecule has 8 nitrogen and oxygen atoms in total. The molecular formula is C24H38BFN3O5. The Balaban J connectivity index is 2.33. The number of benzene rings is 1. The molecule has 1 N–H and O–H groups in total. The second kappa shape index (κ2) is 10.2. The van der Waals surface area contributed by atoms with Crippen LogP contribution in [-0.4, -0.2) is 76.7 Å². The Hall–Kier alpha value is -2.17. The molecule has 1 aromatic carbocycles. The van der Waals surface area contributed by atoms with Gasteiger partial charge in [0.25, 0.3) is 0 Å². The fourth-order valence-electron chi connectivity index (χ4n) is 3.18. The summed E-state index contributed by atoms with van der Waals surface area (Å²) in [6, 6.07) is 2.74. The normalized spacial score (nSPS) is 13.8. The van der Waals surface area contributed by atoms with Gasteiger partial charge >= 0.3 is 13.6 Å². The molecule has 2 rings (SSSR count). The lowest BCUT2D eigenvalue weighted by Crippen LogP contribution is -2.49. The number of carbonyl (C=O) groups excluding carboxylic acids is 1. The molecule has 1 unspecified atom stereocenters. The molecule has 1 amide bonds. The molecule has 1 aromatic heterocycles. The summed E-state index contributed by atoms with van der Waals surface area (Å²) in [5.41, 5.74) is -1.01. The highest BCUT2D eigenvalue weighted by molar-refractivity contribution is 6.51. The van der Waals surface area contributed by atoms with Crippen molar-refractivity contribution in [1.29, 1.82) is 0 Å². The fourth-order valence-corrected chi connectivity index (χ4v) is 3.18. The molecular weight excluding hydrogens is 440 g/mol. The molecule has 0 aliphatic carbocycles. The van der Waals surface area contributed by atoms with Crippen LogP contribution in [0.15, 0.2) is 12.1 Å². The average molecular weight is 478 g/mol. The van der Waals surface area contributed by atoms with Crippen molar-refractivity contribution in [3.8, 4) is 0 Å². The lowest BCUT2D eigenvalue weighted by molar-refractivity contribution is -0.0893. The predicted molar refractivity (Wildman–Crippen MR) is 131 cm³/mol. The second-order valence-corrected chi connectivity index (χ2v) is 10.7. The Kier molecular flexibility index (Phi) is 8.44. The van der Waals surface area contributed by atoms with Gasteiger partial charge < -0.3 is 28.7 Å². The molecule has 0 fully saturated rings. The van der Waals surface area contributed by atoms with Gasteiger partial charge in [-0.3, -0.25) is 0 Å². The first-order valence-electron chi connectivity index (χ1n) is 11.3. The standard InChI is InChI=1S/C24H38BFN3O5/c1-15-27-19-12-16(26)11-18(25-34-24(7,8)23(5,6)31)20(19)29(15)14-17(32-10)13-28(9)21(30)33-22(2,3)4/h11-12,17,31H,13-14H2,1-10H3. The largest absolute Gasteiger partial charge is 0.444 e. The van der Waals surface area contributed by atoms with Crippen LogP contribution in [0.5, 0.6) is 0 Å². The first kappa shape index (κ1) is 28.1. The van der Waals surface area contributed by atoms with E-state index < -0.39 is 28.7 Å². The number of imidazole rings is 1. The minimum atomic E-state index is -1.13. The SMILES string of the molecule is COC(CN(C)C(=O)OC(C)(C)C)Cn1c(C)nc2cc(F)cc([B]OC(C)(C)C(C)(C)O)c21. The lowest BCUT2D eigenvalue weighted by Gasteiger charge is -2.37. The van der Waals surface area contributed by atoms with Gasteiger partial charge in [0.05, 0.1) is 41.4 Å². The minimum absolute atomic E-state index is 0.285. The highest BCUT2D eigenvalue weighted by Crippen LogP contribution is 2.25. The van der Waals surface area contributed by atoms with E-state index in [1.54, 1.807) is 41.9 Å². The third-order valence-corrected chi connectivity index (χ3v) is 5.88. The number of carbonyl (C=O) groups is 1. The maximum atomic E-state index is 14.4. The minimum Gasteiger partial charge on any atom is -0.444 e. The number of aryl methyl sites for hydroxylation is 1. The fraction of sp³-hybridized carbons (Fsp3) is 0.667. The van der Waals surface area contributed by atoms with Crippen LogP contribution in [0.25, 0.3) is 11.0 Å². The number of nitrogens with zero attached hydrogens (tertiary/aromatic N) is 3. The van der Waals surface area contributed by atoms with Crippen molar-refractivity contribution < 1.29 is 28.4 Å². The molecule has 34 heavy (non-hydrogen) atoms. The van der Waals surface area contributed by atoms with Crippen molar-refractivity contribution in [1.82, 2.24) is 14.5 Å². The molecule has 0 spiro atoms. The van der Waals surface area contributed by atoms with Gasteiger partial charge in [-0.2, -0.15) is 0 Å². The molecule has 10 heteroatoms. The maximum Gasteiger partial charge on any atom is 0.410 e. The molecule has 1 heterocycles. The molecule has 1 radical (unpaired) electrons. The Morgan fingerprint density at radius 3 is 2.38 bits per heavy atom. The van der Waals surface area contributed by atoms with E-state index in [1.165, 1.54) is 24.5 Å². The van der Waals surface area contributed by atoms with Gasteiger partial charge in [0.2, 0.25) is 0 Å². The zero-order valence-corrected chi connectivity index (χ0v) is 22.0. The predicted octanol–water partition coefficient (Wildman–Crippen LogP) is 3.18. The highest BCUT2D eigenvalue weighted by atomic mass is 19.1. The number of aromatic nitrogens is 2. The molecule has 0 bridgehead atoms. The summed E-state index contributed by atoms with van der Waals surface area (Å²) in [4.78, 5) is 18.4.